The van der Waals surface area contributed by atoms with Gasteiger partial charge in [0.25, 0.3) is 0 Å². The number of anilines is 2. The van der Waals surface area contributed by atoms with E-state index in [0.29, 0.717) is 20.1 Å². The third kappa shape index (κ3) is 7.59. The summed E-state index contributed by atoms with van der Waals surface area (Å²) in [6, 6.07) is 11.7. The van der Waals surface area contributed by atoms with E-state index in [1.54, 1.807) is 0 Å². The number of carbonyl (C=O) groups is 4. The molecule has 170 valence electrons. The summed E-state index contributed by atoms with van der Waals surface area (Å²) in [6.07, 6.45) is 0. The predicted molar refractivity (Wildman–Crippen MR) is 125 cm³/mol. The van der Waals surface area contributed by atoms with Gasteiger partial charge in [-0.3, -0.25) is 9.59 Å². The number of nitrogens with zero attached hydrogens (tertiary/aromatic N) is 2. The summed E-state index contributed by atoms with van der Waals surface area (Å²) < 4.78 is 1.14. The van der Waals surface area contributed by atoms with E-state index in [1.165, 1.54) is 83.4 Å². The molecule has 0 spiro atoms. The lowest BCUT2D eigenvalue weighted by Crippen LogP contribution is -2.14. The summed E-state index contributed by atoms with van der Waals surface area (Å²) in [7, 11) is 0. The lowest BCUT2D eigenvalue weighted by molar-refractivity contribution is -0.114. The number of aromatic nitrogens is 2. The van der Waals surface area contributed by atoms with Gasteiger partial charge in [-0.15, -0.1) is 10.2 Å². The van der Waals surface area contributed by atoms with Crippen LogP contribution in [0.1, 0.15) is 20.7 Å². The van der Waals surface area contributed by atoms with Crippen molar-refractivity contribution in [1.82, 2.24) is 10.2 Å². The largest absolute Gasteiger partial charge is 0.478 e. The van der Waals surface area contributed by atoms with Crippen molar-refractivity contribution < 1.29 is 29.4 Å². The van der Waals surface area contributed by atoms with E-state index in [9.17, 15) is 19.2 Å². The van der Waals surface area contributed by atoms with Crippen LogP contribution < -0.4 is 10.6 Å². The average molecular weight is 505 g/mol. The van der Waals surface area contributed by atoms with Crippen LogP contribution in [0, 0.1) is 0 Å². The van der Waals surface area contributed by atoms with Gasteiger partial charge in [0, 0.05) is 11.4 Å². The van der Waals surface area contributed by atoms with Gasteiger partial charge in [0.05, 0.1) is 22.6 Å². The van der Waals surface area contributed by atoms with Crippen molar-refractivity contribution in [2.45, 2.75) is 8.68 Å². The minimum absolute atomic E-state index is 0.0901. The second kappa shape index (κ2) is 11.4. The maximum Gasteiger partial charge on any atom is 0.335 e. The third-order valence-electron chi connectivity index (χ3n) is 3.87. The standard InChI is InChI=1S/C20H16N4O6S3/c25-15(21-13-5-1-11(2-6-13)17(27)28)9-31-19-23-24-20(33-19)32-10-16(26)22-14-7-3-12(4-8-14)18(29)30/h1-8H,9-10H2,(H,21,25)(H,22,26)(H,27,28)(H,29,30). The molecule has 0 atom stereocenters. The summed E-state index contributed by atoms with van der Waals surface area (Å²) in [5, 5.41) is 31.1. The van der Waals surface area contributed by atoms with Gasteiger partial charge in [-0.25, -0.2) is 9.59 Å². The van der Waals surface area contributed by atoms with Gasteiger partial charge >= 0.3 is 11.9 Å². The Morgan fingerprint density at radius 2 is 1.06 bits per heavy atom. The molecule has 0 aliphatic carbocycles. The Hall–Kier alpha value is -3.42. The molecule has 3 rings (SSSR count). The number of hydrogen-bond acceptors (Lipinski definition) is 9. The highest BCUT2D eigenvalue weighted by Gasteiger charge is 2.12. The normalized spacial score (nSPS) is 10.4. The van der Waals surface area contributed by atoms with Crippen molar-refractivity contribution in [1.29, 1.82) is 0 Å². The van der Waals surface area contributed by atoms with Crippen LogP contribution >= 0.6 is 34.9 Å². The van der Waals surface area contributed by atoms with Gasteiger partial charge < -0.3 is 20.8 Å². The molecule has 1 heterocycles. The van der Waals surface area contributed by atoms with Crippen molar-refractivity contribution in [3.8, 4) is 0 Å². The molecule has 0 bridgehead atoms. The van der Waals surface area contributed by atoms with E-state index in [-0.39, 0.29) is 34.4 Å². The topological polar surface area (TPSA) is 159 Å². The van der Waals surface area contributed by atoms with Gasteiger partial charge in [-0.05, 0) is 48.5 Å². The van der Waals surface area contributed by atoms with Gasteiger partial charge in [-0.2, -0.15) is 0 Å². The molecule has 10 nitrogen and oxygen atoms in total. The number of hydrogen-bond donors (Lipinski definition) is 4. The zero-order valence-corrected chi connectivity index (χ0v) is 19.1. The van der Waals surface area contributed by atoms with E-state index in [0.717, 1.165) is 0 Å². The van der Waals surface area contributed by atoms with E-state index >= 15 is 0 Å². The number of carboxylic acids is 2. The van der Waals surface area contributed by atoms with Crippen LogP contribution in [-0.4, -0.2) is 55.7 Å². The summed E-state index contributed by atoms with van der Waals surface area (Å²) >= 11 is 3.64. The maximum absolute atomic E-state index is 12.1. The zero-order chi connectivity index (χ0) is 23.8. The highest BCUT2D eigenvalue weighted by Crippen LogP contribution is 2.29. The molecule has 33 heavy (non-hydrogen) atoms. The Balaban J connectivity index is 1.41. The van der Waals surface area contributed by atoms with E-state index in [1.807, 2.05) is 0 Å². The van der Waals surface area contributed by atoms with Gasteiger partial charge in [0.1, 0.15) is 0 Å². The van der Waals surface area contributed by atoms with Crippen molar-refractivity contribution in [2.75, 3.05) is 22.1 Å². The first-order valence-corrected chi connectivity index (χ1v) is 11.9. The van der Waals surface area contributed by atoms with Crippen molar-refractivity contribution in [3.63, 3.8) is 0 Å². The highest BCUT2D eigenvalue weighted by atomic mass is 32.2. The average Bonchev–Trinajstić information content (AvgIpc) is 3.25. The number of carbonyl (C=O) groups excluding carboxylic acids is 2. The molecule has 1 aromatic heterocycles. The van der Waals surface area contributed by atoms with Crippen LogP contribution in [0.15, 0.2) is 57.2 Å². The first kappa shape index (κ1) is 24.2. The maximum atomic E-state index is 12.1. The number of aromatic carboxylic acids is 2. The Bertz CT molecular complexity index is 1080. The van der Waals surface area contributed by atoms with Crippen LogP contribution in [0.4, 0.5) is 11.4 Å². The van der Waals surface area contributed by atoms with Crippen molar-refractivity contribution >= 4 is 70.0 Å². The molecular formula is C20H16N4O6S3. The van der Waals surface area contributed by atoms with Crippen molar-refractivity contribution in [2.24, 2.45) is 0 Å². The number of benzene rings is 2. The molecular weight excluding hydrogens is 488 g/mol. The quantitative estimate of drug-likeness (QED) is 0.301. The lowest BCUT2D eigenvalue weighted by atomic mass is 10.2. The SMILES string of the molecule is O=C(CSc1nnc(SCC(=O)Nc2ccc(C(=O)O)cc2)s1)Nc1ccc(C(=O)O)cc1. The molecule has 2 amide bonds. The minimum atomic E-state index is -1.04. The second-order valence-corrected chi connectivity index (χ2v) is 9.70. The van der Waals surface area contributed by atoms with Crippen LogP contribution in [0.2, 0.25) is 0 Å². The number of carboxylic acid groups (broad SMARTS) is 2. The Labute approximate surface area is 199 Å². The second-order valence-electron chi connectivity index (χ2n) is 6.27. The Kier molecular flexibility index (Phi) is 8.40. The van der Waals surface area contributed by atoms with Crippen LogP contribution in [0.3, 0.4) is 0 Å². The molecule has 13 heteroatoms. The molecule has 0 saturated carbocycles. The number of nitrogens with one attached hydrogen (secondary N) is 2. The van der Waals surface area contributed by atoms with Gasteiger partial charge in [0.2, 0.25) is 11.8 Å². The van der Waals surface area contributed by atoms with Gasteiger partial charge in [0.15, 0.2) is 8.68 Å². The smallest absolute Gasteiger partial charge is 0.335 e. The molecule has 3 aromatic rings. The van der Waals surface area contributed by atoms with E-state index in [4.69, 9.17) is 10.2 Å². The fourth-order valence-electron chi connectivity index (χ4n) is 2.35. The highest BCUT2D eigenvalue weighted by molar-refractivity contribution is 8.03. The predicted octanol–water partition coefficient (Wildman–Crippen LogP) is 3.40. The van der Waals surface area contributed by atoms with E-state index < -0.39 is 11.9 Å². The van der Waals surface area contributed by atoms with Crippen LogP contribution in [0.5, 0.6) is 0 Å². The molecule has 0 unspecified atom stereocenters. The van der Waals surface area contributed by atoms with Crippen LogP contribution in [0.25, 0.3) is 0 Å². The number of rotatable bonds is 10. The molecule has 0 aliphatic heterocycles. The fourth-order valence-corrected chi connectivity index (χ4v) is 4.97. The molecule has 0 saturated heterocycles. The van der Waals surface area contributed by atoms with Crippen LogP contribution in [-0.2, 0) is 9.59 Å². The number of thioether (sulfide) groups is 2. The minimum Gasteiger partial charge on any atom is -0.478 e. The molecule has 4 N–H and O–H groups in total. The van der Waals surface area contributed by atoms with Gasteiger partial charge in [-0.1, -0.05) is 34.9 Å². The Morgan fingerprint density at radius 3 is 1.39 bits per heavy atom. The fraction of sp³-hybridized carbons (Fsp3) is 0.100. The summed E-state index contributed by atoms with van der Waals surface area (Å²) in [6.45, 7) is 0. The van der Waals surface area contributed by atoms with E-state index in [2.05, 4.69) is 20.8 Å². The first-order chi connectivity index (χ1) is 15.8. The molecule has 0 aliphatic rings. The summed E-state index contributed by atoms with van der Waals surface area (Å²) in [4.78, 5) is 45.9. The van der Waals surface area contributed by atoms with Crippen molar-refractivity contribution in [3.05, 3.63) is 59.7 Å². The molecule has 2 aromatic carbocycles. The first-order valence-electron chi connectivity index (χ1n) is 9.15. The monoisotopic (exact) mass is 504 g/mol. The summed E-state index contributed by atoms with van der Waals surface area (Å²) in [5.74, 6) is -2.46. The molecule has 0 fully saturated rings. The summed E-state index contributed by atoms with van der Waals surface area (Å²) in [5.41, 5.74) is 1.24. The molecule has 0 radical (unpaired) electrons. The lowest BCUT2D eigenvalue weighted by Gasteiger charge is -2.04. The number of amides is 2. The third-order valence-corrected chi connectivity index (χ3v) is 7.06. The zero-order valence-electron chi connectivity index (χ0n) is 16.7. The Morgan fingerprint density at radius 1 is 0.697 bits per heavy atom.